The minimum absolute atomic E-state index is 0.102. The number of nitrogens with one attached hydrogen (secondary N) is 2. The Morgan fingerprint density at radius 2 is 1.74 bits per heavy atom. The van der Waals surface area contributed by atoms with Gasteiger partial charge in [0.15, 0.2) is 5.75 Å². The number of phenolic OH excluding ortho intramolecular Hbond substituents is 1. The molecule has 5 aromatic rings. The number of sulfonamides is 1. The average molecular weight is 595 g/mol. The van der Waals surface area contributed by atoms with Crippen molar-refractivity contribution in [2.24, 2.45) is 0 Å². The van der Waals surface area contributed by atoms with E-state index in [4.69, 9.17) is 4.89 Å². The van der Waals surface area contributed by atoms with Gasteiger partial charge in [-0.1, -0.05) is 30.3 Å². The van der Waals surface area contributed by atoms with Crippen LogP contribution in [0.15, 0.2) is 100 Å². The summed E-state index contributed by atoms with van der Waals surface area (Å²) >= 11 is 3.54. The molecule has 9 nitrogen and oxygen atoms in total. The third kappa shape index (κ3) is 5.44. The highest BCUT2D eigenvalue weighted by molar-refractivity contribution is 9.10. The summed E-state index contributed by atoms with van der Waals surface area (Å²) in [5, 5.41) is 18.2. The van der Waals surface area contributed by atoms with E-state index in [1.807, 2.05) is 36.4 Å². The summed E-state index contributed by atoms with van der Waals surface area (Å²) in [5.41, 5.74) is 3.77. The lowest BCUT2D eigenvalue weighted by Crippen LogP contribution is -2.13. The van der Waals surface area contributed by atoms with Crippen LogP contribution in [0.5, 0.6) is 11.5 Å². The van der Waals surface area contributed by atoms with Gasteiger partial charge in [0.25, 0.3) is 10.0 Å². The highest BCUT2D eigenvalue weighted by Crippen LogP contribution is 2.33. The quantitative estimate of drug-likeness (QED) is 0.145. The number of halogens is 1. The van der Waals surface area contributed by atoms with Crippen molar-refractivity contribution in [2.45, 2.75) is 11.4 Å². The molecule has 0 aliphatic rings. The molecule has 0 saturated carbocycles. The van der Waals surface area contributed by atoms with E-state index < -0.39 is 10.0 Å². The first kappa shape index (κ1) is 25.6. The van der Waals surface area contributed by atoms with Crippen molar-refractivity contribution in [3.05, 3.63) is 101 Å². The summed E-state index contributed by atoms with van der Waals surface area (Å²) in [5.74, 6) is 1.32. The van der Waals surface area contributed by atoms with Gasteiger partial charge in [-0.15, -0.1) is 0 Å². The van der Waals surface area contributed by atoms with Gasteiger partial charge in [0, 0.05) is 17.8 Å². The zero-order valence-electron chi connectivity index (χ0n) is 20.1. The zero-order chi connectivity index (χ0) is 26.7. The molecule has 0 radical (unpaired) electrons. The molecule has 3 aromatic carbocycles. The maximum absolute atomic E-state index is 12.7. The molecule has 0 bridgehead atoms. The number of hydrogen-bond donors (Lipinski definition) is 3. The van der Waals surface area contributed by atoms with Gasteiger partial charge in [-0.05, 0) is 81.7 Å². The monoisotopic (exact) mass is 594 g/mol. The van der Waals surface area contributed by atoms with E-state index in [2.05, 4.69) is 36.0 Å². The first-order valence-corrected chi connectivity index (χ1v) is 13.7. The number of anilines is 2. The second-order valence-corrected chi connectivity index (χ2v) is 10.9. The molecule has 0 aliphatic heterocycles. The van der Waals surface area contributed by atoms with Gasteiger partial charge in [-0.25, -0.2) is 12.9 Å². The van der Waals surface area contributed by atoms with Gasteiger partial charge in [-0.3, -0.25) is 4.72 Å². The van der Waals surface area contributed by atoms with Gasteiger partial charge < -0.3 is 15.3 Å². The number of rotatable bonds is 9. The molecule has 0 spiro atoms. The number of nitrogens with zero attached hydrogens (tertiary/aromatic N) is 2. The van der Waals surface area contributed by atoms with Crippen molar-refractivity contribution in [2.75, 3.05) is 17.1 Å². The molecule has 2 heterocycles. The Hall–Kier alpha value is -4.06. The molecule has 0 atom stereocenters. The van der Waals surface area contributed by atoms with E-state index >= 15 is 0 Å². The largest absolute Gasteiger partial charge is 0.507 e. The summed E-state index contributed by atoms with van der Waals surface area (Å²) in [6.07, 6.45) is 1.72. The molecular weight excluding hydrogens is 572 g/mol. The van der Waals surface area contributed by atoms with E-state index in [0.29, 0.717) is 23.5 Å². The predicted octanol–water partition coefficient (Wildman–Crippen LogP) is 5.82. The maximum Gasteiger partial charge on any atom is 0.261 e. The molecule has 38 heavy (non-hydrogen) atoms. The third-order valence-electron chi connectivity index (χ3n) is 5.78. The summed E-state index contributed by atoms with van der Waals surface area (Å²) < 4.78 is 30.7. The first-order chi connectivity index (χ1) is 18.3. The van der Waals surface area contributed by atoms with Crippen molar-refractivity contribution in [3.8, 4) is 22.6 Å². The van der Waals surface area contributed by atoms with Gasteiger partial charge in [0.05, 0.1) is 28.2 Å². The molecule has 0 amide bonds. The molecule has 0 saturated heterocycles. The van der Waals surface area contributed by atoms with E-state index in [0.717, 1.165) is 26.9 Å². The van der Waals surface area contributed by atoms with E-state index in [1.54, 1.807) is 35.0 Å². The molecule has 2 aromatic heterocycles. The van der Waals surface area contributed by atoms with Crippen LogP contribution in [0.4, 0.5) is 11.5 Å². The number of aromatic hydroxyl groups is 1. The maximum atomic E-state index is 12.7. The fourth-order valence-electron chi connectivity index (χ4n) is 3.92. The SMILES string of the molecule is COOc1ccc(S(=O)(=O)Nc2ccc(CNc3cc(-c4ccccc4O)cc4c(Br)cnn34)cc2)cc1. The summed E-state index contributed by atoms with van der Waals surface area (Å²) in [6.45, 7) is 0.463. The fourth-order valence-corrected chi connectivity index (χ4v) is 5.36. The standard InChI is InChI=1S/C27H23BrN4O5S/c1-36-37-21-10-12-22(13-11-21)38(34,35)31-20-8-6-18(7-9-20)16-29-27-15-19(23-4-2-3-5-26(23)33)14-25-24(28)17-30-32(25)27/h2-15,17,29,31,33H,16H2,1H3. The first-order valence-electron chi connectivity index (χ1n) is 11.5. The van der Waals surface area contributed by atoms with Crippen molar-refractivity contribution in [1.29, 1.82) is 0 Å². The average Bonchev–Trinajstić information content (AvgIpc) is 3.29. The highest BCUT2D eigenvalue weighted by Gasteiger charge is 2.15. The van der Waals surface area contributed by atoms with Crippen LogP contribution in [0.25, 0.3) is 16.6 Å². The second kappa shape index (κ2) is 10.7. The molecule has 194 valence electrons. The lowest BCUT2D eigenvalue weighted by molar-refractivity contribution is -0.178. The van der Waals surface area contributed by atoms with Crippen molar-refractivity contribution >= 4 is 43.0 Å². The number of fused-ring (bicyclic) bond motifs is 1. The molecule has 0 fully saturated rings. The fraction of sp³-hybridized carbons (Fsp3) is 0.0741. The Morgan fingerprint density at radius 3 is 2.45 bits per heavy atom. The van der Waals surface area contributed by atoms with Crippen LogP contribution in [0.3, 0.4) is 0 Å². The Labute approximate surface area is 227 Å². The summed E-state index contributed by atoms with van der Waals surface area (Å²) in [6, 6.07) is 24.0. The predicted molar refractivity (Wildman–Crippen MR) is 149 cm³/mol. The molecular formula is C27H23BrN4O5S. The minimum Gasteiger partial charge on any atom is -0.507 e. The van der Waals surface area contributed by atoms with Gasteiger partial charge in [0.1, 0.15) is 11.6 Å². The van der Waals surface area contributed by atoms with Crippen molar-refractivity contribution in [3.63, 3.8) is 0 Å². The third-order valence-corrected chi connectivity index (χ3v) is 7.79. The Bertz CT molecular complexity index is 1690. The number of aromatic nitrogens is 2. The number of phenols is 1. The van der Waals surface area contributed by atoms with Crippen LogP contribution < -0.4 is 14.9 Å². The minimum atomic E-state index is -3.77. The normalized spacial score (nSPS) is 11.4. The van der Waals surface area contributed by atoms with Crippen LogP contribution in [0.1, 0.15) is 5.56 Å². The lowest BCUT2D eigenvalue weighted by atomic mass is 10.1. The van der Waals surface area contributed by atoms with E-state index in [-0.39, 0.29) is 10.6 Å². The summed E-state index contributed by atoms with van der Waals surface area (Å²) in [7, 11) is -2.40. The van der Waals surface area contributed by atoms with Crippen molar-refractivity contribution < 1.29 is 23.3 Å². The molecule has 11 heteroatoms. The van der Waals surface area contributed by atoms with Crippen LogP contribution in [-0.4, -0.2) is 30.2 Å². The lowest BCUT2D eigenvalue weighted by Gasteiger charge is -2.13. The van der Waals surface area contributed by atoms with Gasteiger partial charge >= 0.3 is 0 Å². The van der Waals surface area contributed by atoms with Crippen LogP contribution in [0, 0.1) is 0 Å². The smallest absolute Gasteiger partial charge is 0.261 e. The van der Waals surface area contributed by atoms with E-state index in [9.17, 15) is 13.5 Å². The summed E-state index contributed by atoms with van der Waals surface area (Å²) in [4.78, 5) is 9.56. The molecule has 5 rings (SSSR count). The van der Waals surface area contributed by atoms with Crippen LogP contribution >= 0.6 is 15.9 Å². The van der Waals surface area contributed by atoms with Crippen molar-refractivity contribution in [1.82, 2.24) is 9.61 Å². The van der Waals surface area contributed by atoms with Crippen LogP contribution in [-0.2, 0) is 21.5 Å². The number of benzene rings is 3. The Kier molecular flexibility index (Phi) is 7.23. The van der Waals surface area contributed by atoms with E-state index in [1.165, 1.54) is 31.4 Å². The van der Waals surface area contributed by atoms with Crippen LogP contribution in [0.2, 0.25) is 0 Å². The van der Waals surface area contributed by atoms with Gasteiger partial charge in [-0.2, -0.15) is 9.99 Å². The number of hydrogen-bond acceptors (Lipinski definition) is 7. The molecule has 3 N–H and O–H groups in total. The van der Waals surface area contributed by atoms with Gasteiger partial charge in [0.2, 0.25) is 0 Å². The Morgan fingerprint density at radius 1 is 1.00 bits per heavy atom. The Balaban J connectivity index is 1.32. The number of para-hydroxylation sites is 1. The molecule has 0 unspecified atom stereocenters. The number of pyridine rings is 1. The second-order valence-electron chi connectivity index (χ2n) is 8.31. The topological polar surface area (TPSA) is 114 Å². The molecule has 0 aliphatic carbocycles. The zero-order valence-corrected chi connectivity index (χ0v) is 22.5. The highest BCUT2D eigenvalue weighted by atomic mass is 79.9.